The lowest BCUT2D eigenvalue weighted by molar-refractivity contribution is -0.384. The topological polar surface area (TPSA) is 114 Å². The highest BCUT2D eigenvalue weighted by molar-refractivity contribution is 6.03. The molecule has 0 aliphatic heterocycles. The molecular weight excluding hydrogens is 362 g/mol. The predicted octanol–water partition coefficient (Wildman–Crippen LogP) is 4.09. The van der Waals surface area contributed by atoms with E-state index in [2.05, 4.69) is 10.6 Å². The van der Waals surface area contributed by atoms with Crippen LogP contribution in [0.2, 0.25) is 0 Å². The van der Waals surface area contributed by atoms with Gasteiger partial charge in [-0.3, -0.25) is 19.7 Å². The van der Waals surface area contributed by atoms with Gasteiger partial charge in [0.15, 0.2) is 5.76 Å². The van der Waals surface area contributed by atoms with E-state index in [-0.39, 0.29) is 23.3 Å². The van der Waals surface area contributed by atoms with Gasteiger partial charge in [0.25, 0.3) is 11.6 Å². The number of nitrogens with one attached hydrogen (secondary N) is 2. The predicted molar refractivity (Wildman–Crippen MR) is 104 cm³/mol. The Kier molecular flexibility index (Phi) is 5.61. The Morgan fingerprint density at radius 3 is 2.32 bits per heavy atom. The largest absolute Gasteiger partial charge is 0.459 e. The molecular formula is C20H15N3O5. The molecule has 3 aromatic rings. The number of nitro benzene ring substituents is 1. The van der Waals surface area contributed by atoms with E-state index in [4.69, 9.17) is 4.42 Å². The summed E-state index contributed by atoms with van der Waals surface area (Å²) in [6.07, 6.45) is 4.18. The Morgan fingerprint density at radius 2 is 1.68 bits per heavy atom. The van der Waals surface area contributed by atoms with E-state index in [0.29, 0.717) is 16.9 Å². The van der Waals surface area contributed by atoms with Crippen LogP contribution < -0.4 is 10.6 Å². The number of nitro groups is 1. The van der Waals surface area contributed by atoms with Gasteiger partial charge in [-0.2, -0.15) is 0 Å². The van der Waals surface area contributed by atoms with Gasteiger partial charge in [-0.05, 0) is 48.0 Å². The number of furan rings is 1. The van der Waals surface area contributed by atoms with E-state index in [0.717, 1.165) is 0 Å². The second-order valence-corrected chi connectivity index (χ2v) is 5.68. The van der Waals surface area contributed by atoms with Crippen molar-refractivity contribution in [3.63, 3.8) is 0 Å². The van der Waals surface area contributed by atoms with Gasteiger partial charge in [0.1, 0.15) is 0 Å². The number of non-ortho nitro benzene ring substituents is 1. The molecule has 28 heavy (non-hydrogen) atoms. The molecule has 2 aromatic carbocycles. The van der Waals surface area contributed by atoms with Crippen LogP contribution in [0.1, 0.15) is 16.1 Å². The van der Waals surface area contributed by atoms with Crippen molar-refractivity contribution >= 4 is 35.0 Å². The fourth-order valence-electron chi connectivity index (χ4n) is 2.34. The molecule has 2 amide bonds. The van der Waals surface area contributed by atoms with Gasteiger partial charge < -0.3 is 15.1 Å². The van der Waals surface area contributed by atoms with Crippen LogP contribution in [0.5, 0.6) is 0 Å². The summed E-state index contributed by atoms with van der Waals surface area (Å²) in [5.74, 6) is -0.566. The summed E-state index contributed by atoms with van der Waals surface area (Å²) in [5.41, 5.74) is 1.58. The lowest BCUT2D eigenvalue weighted by Crippen LogP contribution is -2.11. The van der Waals surface area contributed by atoms with Crippen LogP contribution in [-0.4, -0.2) is 16.7 Å². The molecule has 0 unspecified atom stereocenters. The summed E-state index contributed by atoms with van der Waals surface area (Å²) >= 11 is 0. The molecule has 1 heterocycles. The molecule has 8 heteroatoms. The average Bonchev–Trinajstić information content (AvgIpc) is 3.23. The molecule has 0 atom stereocenters. The van der Waals surface area contributed by atoms with E-state index in [9.17, 15) is 19.7 Å². The number of carbonyl (C=O) groups is 2. The third-order valence-corrected chi connectivity index (χ3v) is 3.66. The van der Waals surface area contributed by atoms with Crippen molar-refractivity contribution in [3.8, 4) is 0 Å². The molecule has 0 fully saturated rings. The second kappa shape index (κ2) is 8.45. The quantitative estimate of drug-likeness (QED) is 0.381. The number of amides is 2. The molecule has 0 bridgehead atoms. The zero-order chi connectivity index (χ0) is 19.9. The van der Waals surface area contributed by atoms with Gasteiger partial charge >= 0.3 is 0 Å². The summed E-state index contributed by atoms with van der Waals surface area (Å²) in [6.45, 7) is 0. The molecule has 3 rings (SSSR count). The van der Waals surface area contributed by atoms with Crippen molar-refractivity contribution in [2.75, 3.05) is 10.6 Å². The Hall–Kier alpha value is -4.20. The summed E-state index contributed by atoms with van der Waals surface area (Å²) in [4.78, 5) is 34.2. The van der Waals surface area contributed by atoms with Gasteiger partial charge in [0, 0.05) is 29.6 Å². The first-order chi connectivity index (χ1) is 13.5. The maximum Gasteiger partial charge on any atom is 0.291 e. The molecule has 1 aromatic heterocycles. The minimum atomic E-state index is -0.496. The molecule has 8 nitrogen and oxygen atoms in total. The number of benzene rings is 2. The zero-order valence-electron chi connectivity index (χ0n) is 14.5. The highest BCUT2D eigenvalue weighted by atomic mass is 16.6. The van der Waals surface area contributed by atoms with E-state index in [1.165, 1.54) is 30.5 Å². The van der Waals surface area contributed by atoms with Gasteiger partial charge in [-0.25, -0.2) is 0 Å². The average molecular weight is 377 g/mol. The molecule has 0 saturated carbocycles. The fraction of sp³-hybridized carbons (Fsp3) is 0. The Bertz CT molecular complexity index is 1020. The first-order valence-corrected chi connectivity index (χ1v) is 8.20. The van der Waals surface area contributed by atoms with Crippen molar-refractivity contribution in [3.05, 3.63) is 94.4 Å². The Morgan fingerprint density at radius 1 is 0.964 bits per heavy atom. The fourth-order valence-corrected chi connectivity index (χ4v) is 2.34. The van der Waals surface area contributed by atoms with E-state index < -0.39 is 4.92 Å². The molecule has 0 radical (unpaired) electrons. The minimum Gasteiger partial charge on any atom is -0.459 e. The van der Waals surface area contributed by atoms with E-state index >= 15 is 0 Å². The Labute approximate surface area is 159 Å². The SMILES string of the molecule is O=C(C=Cc1cccc([N+](=O)[O-])c1)Nc1ccc(NC(=O)c2ccco2)cc1. The van der Waals surface area contributed by atoms with Crippen LogP contribution >= 0.6 is 0 Å². The monoisotopic (exact) mass is 377 g/mol. The van der Waals surface area contributed by atoms with E-state index in [1.807, 2.05) is 0 Å². The molecule has 0 aliphatic rings. The van der Waals surface area contributed by atoms with Gasteiger partial charge in [-0.15, -0.1) is 0 Å². The molecule has 0 aliphatic carbocycles. The second-order valence-electron chi connectivity index (χ2n) is 5.68. The van der Waals surface area contributed by atoms with E-state index in [1.54, 1.807) is 48.5 Å². The normalized spacial score (nSPS) is 10.6. The number of hydrogen-bond donors (Lipinski definition) is 2. The van der Waals surface area contributed by atoms with Crippen LogP contribution in [0.4, 0.5) is 17.1 Å². The van der Waals surface area contributed by atoms with Crippen molar-refractivity contribution in [1.29, 1.82) is 0 Å². The summed E-state index contributed by atoms with van der Waals surface area (Å²) in [7, 11) is 0. The first kappa shape index (κ1) is 18.6. The smallest absolute Gasteiger partial charge is 0.291 e. The standard InChI is InChI=1S/C20H15N3O5/c24-19(11-6-14-3-1-4-17(13-14)23(26)27)21-15-7-9-16(10-8-15)22-20(25)18-5-2-12-28-18/h1-13H,(H,21,24)(H,22,25). The summed E-state index contributed by atoms with van der Waals surface area (Å²) < 4.78 is 5.01. The number of rotatable bonds is 6. The van der Waals surface area contributed by atoms with Crippen molar-refractivity contribution in [1.82, 2.24) is 0 Å². The first-order valence-electron chi connectivity index (χ1n) is 8.20. The third kappa shape index (κ3) is 4.92. The lowest BCUT2D eigenvalue weighted by atomic mass is 10.2. The van der Waals surface area contributed by atoms with Crippen LogP contribution in [0.25, 0.3) is 6.08 Å². The maximum atomic E-state index is 12.0. The maximum absolute atomic E-state index is 12.0. The van der Waals surface area contributed by atoms with Crippen LogP contribution in [0.3, 0.4) is 0 Å². The summed E-state index contributed by atoms with van der Waals surface area (Å²) in [6, 6.07) is 15.7. The highest BCUT2D eigenvalue weighted by Crippen LogP contribution is 2.16. The van der Waals surface area contributed by atoms with Gasteiger partial charge in [0.2, 0.25) is 5.91 Å². The van der Waals surface area contributed by atoms with Crippen molar-refractivity contribution in [2.24, 2.45) is 0 Å². The molecule has 2 N–H and O–H groups in total. The number of anilines is 2. The number of carbonyl (C=O) groups excluding carboxylic acids is 2. The van der Waals surface area contributed by atoms with Gasteiger partial charge in [-0.1, -0.05) is 12.1 Å². The lowest BCUT2D eigenvalue weighted by Gasteiger charge is -2.06. The van der Waals surface area contributed by atoms with Crippen molar-refractivity contribution < 1.29 is 18.9 Å². The summed E-state index contributed by atoms with van der Waals surface area (Å²) in [5, 5.41) is 16.1. The molecule has 140 valence electrons. The third-order valence-electron chi connectivity index (χ3n) is 3.66. The number of nitrogens with zero attached hydrogens (tertiary/aromatic N) is 1. The van der Waals surface area contributed by atoms with Crippen LogP contribution in [-0.2, 0) is 4.79 Å². The van der Waals surface area contributed by atoms with Gasteiger partial charge in [0.05, 0.1) is 11.2 Å². The minimum absolute atomic E-state index is 0.0465. The van der Waals surface area contributed by atoms with Crippen LogP contribution in [0.15, 0.2) is 77.4 Å². The highest BCUT2D eigenvalue weighted by Gasteiger charge is 2.08. The molecule has 0 saturated heterocycles. The Balaban J connectivity index is 1.57. The van der Waals surface area contributed by atoms with Crippen molar-refractivity contribution in [2.45, 2.75) is 0 Å². The zero-order valence-corrected chi connectivity index (χ0v) is 14.5. The molecule has 0 spiro atoms. The number of hydrogen-bond acceptors (Lipinski definition) is 5. The van der Waals surface area contributed by atoms with Crippen LogP contribution in [0, 0.1) is 10.1 Å².